The Morgan fingerprint density at radius 3 is 2.83 bits per heavy atom. The topological polar surface area (TPSA) is 37.8 Å². The first-order valence-electron chi connectivity index (χ1n) is 6.82. The van der Waals surface area contributed by atoms with Gasteiger partial charge in [0, 0.05) is 18.3 Å². The van der Waals surface area contributed by atoms with Crippen LogP contribution >= 0.6 is 11.3 Å². The van der Waals surface area contributed by atoms with Crippen LogP contribution in [0.2, 0.25) is 0 Å². The molecule has 0 aliphatic heterocycles. The summed E-state index contributed by atoms with van der Waals surface area (Å²) < 4.78 is 0. The number of aromatic nitrogens is 2. The number of nitrogens with one attached hydrogen (secondary N) is 1. The van der Waals surface area contributed by atoms with Crippen LogP contribution in [0.4, 0.5) is 5.82 Å². The van der Waals surface area contributed by atoms with Crippen molar-refractivity contribution in [2.24, 2.45) is 0 Å². The Kier molecular flexibility index (Phi) is 3.20. The van der Waals surface area contributed by atoms with Crippen molar-refractivity contribution in [1.82, 2.24) is 9.97 Å². The maximum atomic E-state index is 4.75. The quantitative estimate of drug-likeness (QED) is 0.918. The highest BCUT2D eigenvalue weighted by Crippen LogP contribution is 2.38. The fourth-order valence-electron chi connectivity index (χ4n) is 2.72. The predicted molar refractivity (Wildman–Crippen MR) is 77.6 cm³/mol. The molecule has 1 aliphatic carbocycles. The first kappa shape index (κ1) is 11.9. The van der Waals surface area contributed by atoms with Gasteiger partial charge in [-0.2, -0.15) is 0 Å². The van der Waals surface area contributed by atoms with Crippen molar-refractivity contribution in [3.8, 4) is 0 Å². The fraction of sp³-hybridized carbons (Fsp3) is 0.571. The van der Waals surface area contributed by atoms with Gasteiger partial charge >= 0.3 is 0 Å². The third-order valence-electron chi connectivity index (χ3n) is 3.57. The molecule has 0 saturated carbocycles. The number of hydrogen-bond acceptors (Lipinski definition) is 4. The van der Waals surface area contributed by atoms with Crippen LogP contribution in [0.3, 0.4) is 0 Å². The lowest BCUT2D eigenvalue weighted by Gasteiger charge is -2.11. The van der Waals surface area contributed by atoms with Crippen LogP contribution in [0.1, 0.15) is 42.5 Å². The van der Waals surface area contributed by atoms with E-state index in [-0.39, 0.29) is 0 Å². The molecule has 18 heavy (non-hydrogen) atoms. The van der Waals surface area contributed by atoms with Crippen molar-refractivity contribution in [3.63, 3.8) is 0 Å². The van der Waals surface area contributed by atoms with Crippen LogP contribution in [0.25, 0.3) is 10.2 Å². The van der Waals surface area contributed by atoms with Gasteiger partial charge in [0.05, 0.1) is 5.39 Å². The van der Waals surface area contributed by atoms with Crippen LogP contribution in [0, 0.1) is 0 Å². The molecule has 1 N–H and O–H groups in total. The van der Waals surface area contributed by atoms with Gasteiger partial charge in [-0.1, -0.05) is 6.92 Å². The molecular formula is C14H19N3S. The van der Waals surface area contributed by atoms with Gasteiger partial charge in [0.2, 0.25) is 0 Å². The van der Waals surface area contributed by atoms with Gasteiger partial charge in [-0.15, -0.1) is 11.3 Å². The molecule has 2 aromatic heterocycles. The molecule has 0 saturated heterocycles. The van der Waals surface area contributed by atoms with Crippen molar-refractivity contribution in [3.05, 3.63) is 16.3 Å². The zero-order chi connectivity index (χ0) is 12.5. The van der Waals surface area contributed by atoms with E-state index in [9.17, 15) is 0 Å². The highest BCUT2D eigenvalue weighted by atomic mass is 32.1. The average molecular weight is 261 g/mol. The van der Waals surface area contributed by atoms with Crippen molar-refractivity contribution in [1.29, 1.82) is 0 Å². The van der Waals surface area contributed by atoms with Crippen molar-refractivity contribution >= 4 is 27.4 Å². The smallest absolute Gasteiger partial charge is 0.138 e. The second-order valence-corrected chi connectivity index (χ2v) is 5.96. The van der Waals surface area contributed by atoms with Gasteiger partial charge in [-0.25, -0.2) is 9.97 Å². The number of rotatable bonds is 3. The molecule has 0 aromatic carbocycles. The van der Waals surface area contributed by atoms with Gasteiger partial charge < -0.3 is 5.32 Å². The first-order valence-corrected chi connectivity index (χ1v) is 7.64. The van der Waals surface area contributed by atoms with Gasteiger partial charge in [0.25, 0.3) is 0 Å². The molecule has 3 nitrogen and oxygen atoms in total. The van der Waals surface area contributed by atoms with Crippen LogP contribution in [-0.4, -0.2) is 17.0 Å². The van der Waals surface area contributed by atoms with Crippen molar-refractivity contribution in [2.45, 2.75) is 45.4 Å². The summed E-state index contributed by atoms with van der Waals surface area (Å²) in [5.41, 5.74) is 1.51. The van der Waals surface area contributed by atoms with E-state index in [4.69, 9.17) is 4.98 Å². The standard InChI is InChI=1S/C14H19N3S/c1-3-6-11-16-13(15-2)12-9-7-4-5-8-10(9)18-14(12)17-11/h3-8H2,1-2H3,(H,15,16,17). The lowest BCUT2D eigenvalue weighted by atomic mass is 9.97. The second kappa shape index (κ2) is 4.84. The number of aryl methyl sites for hydroxylation is 3. The third kappa shape index (κ3) is 1.88. The maximum absolute atomic E-state index is 4.75. The van der Waals surface area contributed by atoms with E-state index in [0.29, 0.717) is 0 Å². The van der Waals surface area contributed by atoms with Crippen LogP contribution in [0.15, 0.2) is 0 Å². The summed E-state index contributed by atoms with van der Waals surface area (Å²) in [5.74, 6) is 2.01. The SMILES string of the molecule is CCCc1nc(NC)c2c3c(sc2n1)CCCC3. The highest BCUT2D eigenvalue weighted by molar-refractivity contribution is 7.19. The number of fused-ring (bicyclic) bond motifs is 3. The predicted octanol–water partition coefficient (Wildman–Crippen LogP) is 3.56. The lowest BCUT2D eigenvalue weighted by molar-refractivity contribution is 0.700. The van der Waals surface area contributed by atoms with E-state index in [2.05, 4.69) is 17.2 Å². The zero-order valence-electron chi connectivity index (χ0n) is 11.0. The molecule has 0 radical (unpaired) electrons. The zero-order valence-corrected chi connectivity index (χ0v) is 11.9. The number of nitrogens with zero attached hydrogens (tertiary/aromatic N) is 2. The number of thiophene rings is 1. The van der Waals surface area contributed by atoms with Crippen LogP contribution in [-0.2, 0) is 19.3 Å². The monoisotopic (exact) mass is 261 g/mol. The summed E-state index contributed by atoms with van der Waals surface area (Å²) >= 11 is 1.88. The maximum Gasteiger partial charge on any atom is 0.138 e. The Hall–Kier alpha value is -1.16. The lowest BCUT2D eigenvalue weighted by Crippen LogP contribution is -2.03. The molecule has 0 amide bonds. The Labute approximate surface area is 112 Å². The molecule has 0 atom stereocenters. The Morgan fingerprint density at radius 1 is 1.22 bits per heavy atom. The summed E-state index contributed by atoms with van der Waals surface area (Å²) in [6.45, 7) is 2.17. The van der Waals surface area contributed by atoms with Crippen LogP contribution in [0.5, 0.6) is 0 Å². The molecule has 2 heterocycles. The molecule has 4 heteroatoms. The minimum Gasteiger partial charge on any atom is -0.372 e. The van der Waals surface area contributed by atoms with Gasteiger partial charge in [-0.3, -0.25) is 0 Å². The average Bonchev–Trinajstić information content (AvgIpc) is 2.76. The van der Waals surface area contributed by atoms with E-state index in [0.717, 1.165) is 24.5 Å². The summed E-state index contributed by atoms with van der Waals surface area (Å²) in [6.07, 6.45) is 7.11. The Bertz CT molecular complexity index is 574. The Morgan fingerprint density at radius 2 is 2.06 bits per heavy atom. The minimum atomic E-state index is 0.965. The molecule has 0 fully saturated rings. The summed E-state index contributed by atoms with van der Waals surface area (Å²) in [6, 6.07) is 0. The molecule has 0 unspecified atom stereocenters. The van der Waals surface area contributed by atoms with Gasteiger partial charge in [0.1, 0.15) is 16.5 Å². The van der Waals surface area contributed by atoms with E-state index in [1.54, 1.807) is 0 Å². The van der Waals surface area contributed by atoms with Gasteiger partial charge in [-0.05, 0) is 37.7 Å². The molecule has 96 valence electrons. The molecular weight excluding hydrogens is 242 g/mol. The highest BCUT2D eigenvalue weighted by Gasteiger charge is 2.20. The van der Waals surface area contributed by atoms with Crippen LogP contribution < -0.4 is 5.32 Å². The second-order valence-electron chi connectivity index (χ2n) is 4.88. The largest absolute Gasteiger partial charge is 0.372 e. The van der Waals surface area contributed by atoms with Crippen molar-refractivity contribution < 1.29 is 0 Å². The number of anilines is 1. The Balaban J connectivity index is 2.21. The van der Waals surface area contributed by atoms with E-state index < -0.39 is 0 Å². The van der Waals surface area contributed by atoms with E-state index in [1.807, 2.05) is 18.4 Å². The summed E-state index contributed by atoms with van der Waals surface area (Å²) in [7, 11) is 1.96. The molecule has 0 spiro atoms. The normalized spacial score (nSPS) is 14.8. The first-order chi connectivity index (χ1) is 8.83. The minimum absolute atomic E-state index is 0.965. The molecule has 2 aromatic rings. The summed E-state index contributed by atoms with van der Waals surface area (Å²) in [5, 5.41) is 4.55. The van der Waals surface area contributed by atoms with Gasteiger partial charge in [0.15, 0.2) is 0 Å². The van der Waals surface area contributed by atoms with E-state index >= 15 is 0 Å². The molecule has 0 bridgehead atoms. The molecule has 1 aliphatic rings. The molecule has 3 rings (SSSR count). The number of hydrogen-bond donors (Lipinski definition) is 1. The fourth-order valence-corrected chi connectivity index (χ4v) is 4.00. The van der Waals surface area contributed by atoms with E-state index in [1.165, 1.54) is 46.3 Å². The van der Waals surface area contributed by atoms with Crippen molar-refractivity contribution in [2.75, 3.05) is 12.4 Å². The third-order valence-corrected chi connectivity index (χ3v) is 4.76. The summed E-state index contributed by atoms with van der Waals surface area (Å²) in [4.78, 5) is 12.1.